The summed E-state index contributed by atoms with van der Waals surface area (Å²) in [4.78, 5) is 43.6. The average molecular weight is 920 g/mol. The molecule has 6 heterocycles. The lowest BCUT2D eigenvalue weighted by molar-refractivity contribution is -0.132. The van der Waals surface area contributed by atoms with Crippen LogP contribution in [-0.2, 0) is 57.6 Å². The lowest BCUT2D eigenvalue weighted by atomic mass is 9.99. The van der Waals surface area contributed by atoms with Crippen molar-refractivity contribution in [2.24, 2.45) is 5.73 Å². The maximum Gasteiger partial charge on any atom is 0.407 e. The highest BCUT2D eigenvalue weighted by Gasteiger charge is 2.29. The molecular formula is C40H70IN7O9. The van der Waals surface area contributed by atoms with Crippen molar-refractivity contribution in [2.45, 2.75) is 136 Å². The smallest absolute Gasteiger partial charge is 0.407 e. The standard InChI is InChI=1S/C15H25N3O3.C14H20IN3O2.C6H12O2.C3H9N.C2H4O2/c1-15(2,3)21-14(19)17-7-9-18-8-6-16-13(18)12-4-10-20-11-5-12;1-2-12(19)17-5-6-18-11(9-17)13(15)16-14(18)10-3-7-20-8-4-10;1-7-6-2-4-8-5-3-6;1-3(2)4;1-4-2-3/h6,8,12H,4-5,7,9-11H2,1-3H3,(H,17,19);10H,2-9H2,1H3;6H,2-5H2,1H3;3H,4H2,1-2H3;2H,1H3. The van der Waals surface area contributed by atoms with E-state index < -0.39 is 5.60 Å². The highest BCUT2D eigenvalue weighted by atomic mass is 127. The van der Waals surface area contributed by atoms with E-state index in [-0.39, 0.29) is 12.0 Å². The maximum atomic E-state index is 11.9. The Labute approximate surface area is 353 Å². The number of halogens is 1. The van der Waals surface area contributed by atoms with Crippen molar-refractivity contribution in [2.75, 3.05) is 67.0 Å². The van der Waals surface area contributed by atoms with Crippen molar-refractivity contribution in [1.29, 1.82) is 0 Å². The van der Waals surface area contributed by atoms with E-state index in [2.05, 4.69) is 46.8 Å². The largest absolute Gasteiger partial charge is 0.471 e. The van der Waals surface area contributed by atoms with Crippen molar-refractivity contribution in [3.63, 3.8) is 0 Å². The van der Waals surface area contributed by atoms with Gasteiger partial charge in [-0.1, -0.05) is 20.8 Å². The highest BCUT2D eigenvalue weighted by molar-refractivity contribution is 14.1. The van der Waals surface area contributed by atoms with Crippen LogP contribution in [0.4, 0.5) is 4.79 Å². The average Bonchev–Trinajstić information content (AvgIpc) is 3.82. The molecule has 3 saturated heterocycles. The number of nitrogens with one attached hydrogen (secondary N) is 1. The second-order valence-electron chi connectivity index (χ2n) is 15.3. The number of carbonyl (C=O) groups is 3. The zero-order valence-electron chi connectivity index (χ0n) is 35.6. The van der Waals surface area contributed by atoms with Crippen molar-refractivity contribution in [3.8, 4) is 0 Å². The molecule has 2 aromatic rings. The van der Waals surface area contributed by atoms with Crippen LogP contribution in [0.2, 0.25) is 0 Å². The van der Waals surface area contributed by atoms with Gasteiger partial charge in [0.05, 0.1) is 25.5 Å². The normalized spacial score (nSPS) is 17.5. The number of ether oxygens (including phenoxy) is 6. The Bertz CT molecular complexity index is 1410. The third-order valence-corrected chi connectivity index (χ3v) is 10.0. The number of hydrogen-bond donors (Lipinski definition) is 2. The van der Waals surface area contributed by atoms with Gasteiger partial charge < -0.3 is 53.5 Å². The Kier molecular flexibility index (Phi) is 24.5. The van der Waals surface area contributed by atoms with E-state index in [1.807, 2.05) is 58.8 Å². The topological polar surface area (TPSA) is 184 Å². The zero-order valence-corrected chi connectivity index (χ0v) is 37.8. The summed E-state index contributed by atoms with van der Waals surface area (Å²) in [6.45, 7) is 20.4. The third-order valence-electron chi connectivity index (χ3n) is 9.18. The fraction of sp³-hybridized carbons (Fsp3) is 0.775. The molecule has 2 amide bonds. The van der Waals surface area contributed by atoms with Gasteiger partial charge in [0.15, 0.2) is 0 Å². The summed E-state index contributed by atoms with van der Waals surface area (Å²) in [5, 5.41) is 2.77. The van der Waals surface area contributed by atoms with Crippen molar-refractivity contribution in [1.82, 2.24) is 29.3 Å². The Morgan fingerprint density at radius 3 is 1.96 bits per heavy atom. The van der Waals surface area contributed by atoms with Gasteiger partial charge in [0.2, 0.25) is 5.91 Å². The molecule has 326 valence electrons. The molecule has 0 atom stereocenters. The van der Waals surface area contributed by atoms with Gasteiger partial charge in [0.1, 0.15) is 21.0 Å². The summed E-state index contributed by atoms with van der Waals surface area (Å²) in [7, 11) is 3.07. The molecule has 4 aliphatic rings. The molecule has 0 saturated carbocycles. The Morgan fingerprint density at radius 1 is 0.965 bits per heavy atom. The van der Waals surface area contributed by atoms with Crippen LogP contribution in [0.3, 0.4) is 0 Å². The molecular weight excluding hydrogens is 849 g/mol. The van der Waals surface area contributed by atoms with E-state index in [0.29, 0.717) is 56.5 Å². The van der Waals surface area contributed by atoms with Crippen LogP contribution < -0.4 is 11.1 Å². The summed E-state index contributed by atoms with van der Waals surface area (Å²) in [6, 6.07) is 0.333. The minimum atomic E-state index is -0.466. The number of methoxy groups -OCH3 is 2. The number of nitrogens with zero attached hydrogens (tertiary/aromatic N) is 5. The first-order valence-corrected chi connectivity index (χ1v) is 21.3. The van der Waals surface area contributed by atoms with Crippen LogP contribution in [0, 0.1) is 3.70 Å². The first kappa shape index (κ1) is 50.3. The number of hydrogen-bond acceptors (Lipinski definition) is 12. The minimum absolute atomic E-state index is 0.237. The Morgan fingerprint density at radius 2 is 1.49 bits per heavy atom. The van der Waals surface area contributed by atoms with E-state index in [4.69, 9.17) is 39.2 Å². The second kappa shape index (κ2) is 27.8. The van der Waals surface area contributed by atoms with Gasteiger partial charge >= 0.3 is 6.09 Å². The SMILES string of the molecule is CC(C)(C)OC(=O)NCCn1ccnc1C1CCOCC1.CC(C)N.CCC(=O)N1CCn2c(C3CCOCC3)nc(I)c2C1.COC1CCOCC1.COC=O. The monoisotopic (exact) mass is 919 g/mol. The Hall–Kier alpha value is -2.84. The number of alkyl carbamates (subject to hydrolysis) is 1. The van der Waals surface area contributed by atoms with Gasteiger partial charge in [-0.15, -0.1) is 0 Å². The summed E-state index contributed by atoms with van der Waals surface area (Å²) in [5.74, 6) is 3.50. The number of carbonyl (C=O) groups excluding carboxylic acids is 3. The number of aromatic nitrogens is 4. The van der Waals surface area contributed by atoms with Crippen LogP contribution in [0.25, 0.3) is 0 Å². The first-order valence-electron chi connectivity index (χ1n) is 20.2. The van der Waals surface area contributed by atoms with E-state index >= 15 is 0 Å². The molecule has 17 heteroatoms. The van der Waals surface area contributed by atoms with Crippen LogP contribution >= 0.6 is 22.6 Å². The van der Waals surface area contributed by atoms with Crippen molar-refractivity contribution < 1.29 is 42.8 Å². The van der Waals surface area contributed by atoms with Gasteiger partial charge in [0, 0.05) is 104 Å². The number of nitrogens with two attached hydrogens (primary N) is 1. The molecule has 0 spiro atoms. The third kappa shape index (κ3) is 19.6. The number of imidazole rings is 2. The first-order chi connectivity index (χ1) is 27.2. The predicted octanol–water partition coefficient (Wildman–Crippen LogP) is 5.39. The predicted molar refractivity (Wildman–Crippen MR) is 226 cm³/mol. The lowest BCUT2D eigenvalue weighted by Crippen LogP contribution is -2.38. The van der Waals surface area contributed by atoms with Crippen LogP contribution in [-0.4, -0.2) is 127 Å². The molecule has 0 radical (unpaired) electrons. The molecule has 0 unspecified atom stereocenters. The fourth-order valence-corrected chi connectivity index (χ4v) is 7.10. The second-order valence-corrected chi connectivity index (χ2v) is 16.4. The van der Waals surface area contributed by atoms with E-state index in [1.54, 1.807) is 7.11 Å². The lowest BCUT2D eigenvalue weighted by Gasteiger charge is -2.30. The highest BCUT2D eigenvalue weighted by Crippen LogP contribution is 2.31. The van der Waals surface area contributed by atoms with Gasteiger partial charge in [0.25, 0.3) is 6.47 Å². The minimum Gasteiger partial charge on any atom is -0.471 e. The van der Waals surface area contributed by atoms with E-state index in [0.717, 1.165) is 101 Å². The van der Waals surface area contributed by atoms with Crippen LogP contribution in [0.1, 0.15) is 116 Å². The molecule has 6 rings (SSSR count). The maximum absolute atomic E-state index is 11.9. The quantitative estimate of drug-likeness (QED) is 0.255. The van der Waals surface area contributed by atoms with Crippen LogP contribution in [0.15, 0.2) is 12.4 Å². The molecule has 0 aromatic carbocycles. The molecule has 2 aromatic heterocycles. The zero-order chi connectivity index (χ0) is 42.2. The molecule has 4 aliphatic heterocycles. The van der Waals surface area contributed by atoms with E-state index in [9.17, 15) is 9.59 Å². The van der Waals surface area contributed by atoms with Gasteiger partial charge in [-0.2, -0.15) is 0 Å². The summed E-state index contributed by atoms with van der Waals surface area (Å²) in [5.41, 5.74) is 5.85. The van der Waals surface area contributed by atoms with Gasteiger partial charge in [-0.3, -0.25) is 9.59 Å². The van der Waals surface area contributed by atoms with Gasteiger partial charge in [-0.05, 0) is 87.9 Å². The molecule has 3 N–H and O–H groups in total. The summed E-state index contributed by atoms with van der Waals surface area (Å²) >= 11 is 2.30. The summed E-state index contributed by atoms with van der Waals surface area (Å²) in [6.07, 6.45) is 10.7. The van der Waals surface area contributed by atoms with Crippen molar-refractivity contribution >= 4 is 41.1 Å². The van der Waals surface area contributed by atoms with E-state index in [1.165, 1.54) is 18.6 Å². The number of fused-ring (bicyclic) bond motifs is 1. The molecule has 0 bridgehead atoms. The fourth-order valence-electron chi connectivity index (χ4n) is 6.39. The Balaban J connectivity index is 0.000000287. The van der Waals surface area contributed by atoms with Crippen LogP contribution in [0.5, 0.6) is 0 Å². The molecule has 0 aliphatic carbocycles. The molecule has 16 nitrogen and oxygen atoms in total. The number of amides is 2. The number of rotatable bonds is 8. The van der Waals surface area contributed by atoms with Crippen molar-refractivity contribution in [3.05, 3.63) is 33.4 Å². The molecule has 3 fully saturated rings. The summed E-state index contributed by atoms with van der Waals surface area (Å²) < 4.78 is 35.6. The van der Waals surface area contributed by atoms with Gasteiger partial charge in [-0.25, -0.2) is 14.8 Å². The molecule has 57 heavy (non-hydrogen) atoms.